The average molecular weight is 784 g/mol. The van der Waals surface area contributed by atoms with Gasteiger partial charge in [0.1, 0.15) is 28.9 Å². The second-order valence-corrected chi connectivity index (χ2v) is 19.3. The van der Waals surface area contributed by atoms with Crippen molar-refractivity contribution in [3.8, 4) is 11.6 Å². The molecule has 3 fully saturated rings. The Bertz CT molecular complexity index is 1960. The van der Waals surface area contributed by atoms with E-state index >= 15 is 0 Å². The van der Waals surface area contributed by atoms with Crippen molar-refractivity contribution in [2.45, 2.75) is 115 Å². The lowest BCUT2D eigenvalue weighted by Gasteiger charge is -2.32. The molecule has 1 saturated heterocycles. The van der Waals surface area contributed by atoms with E-state index in [1.807, 2.05) is 43.3 Å². The molecule has 2 amide bonds. The molecule has 3 heterocycles. The molecule has 300 valence electrons. The molecular formula is C41H54FN3O9S. The number of alkyl halides is 1. The fourth-order valence-electron chi connectivity index (χ4n) is 8.36. The number of sulfonamides is 1. The van der Waals surface area contributed by atoms with Crippen LogP contribution in [-0.4, -0.2) is 84.7 Å². The van der Waals surface area contributed by atoms with Crippen LogP contribution in [0, 0.1) is 29.1 Å². The van der Waals surface area contributed by atoms with Crippen LogP contribution in [0.3, 0.4) is 0 Å². The van der Waals surface area contributed by atoms with E-state index in [2.05, 4.69) is 16.6 Å². The van der Waals surface area contributed by atoms with Crippen molar-refractivity contribution in [3.63, 3.8) is 0 Å². The molecule has 1 N–H and O–H groups in total. The minimum atomic E-state index is -4.33. The van der Waals surface area contributed by atoms with Gasteiger partial charge >= 0.3 is 5.97 Å². The number of Topliss-reactive ketones (excluding diaryl/α,β-unsaturated/α-hetero) is 1. The standard InChI is InChI=1S/C41H54FN3O9S/c1-25-11-7-8-12-27-20-41(27,38(49)44-55(50,51)40(24-42)15-16-40)21-33(46)32-18-28(53-36-30-14-10-9-13-29(30)34(52-6)22-43-36)23-45(32)37(48)31(26(2)17-25)19-35(47)54-39(3,4)5/h8-10,12-14,22,25-28,31-32H,7,11,15-21,23-24H2,1-6H3,(H,44,49)/b12-8-/t25-,26+,27+,28+,31-,32-,41+/m0/s1. The van der Waals surface area contributed by atoms with Gasteiger partial charge < -0.3 is 19.1 Å². The first-order chi connectivity index (χ1) is 25.9. The maximum atomic E-state index is 14.8. The summed E-state index contributed by atoms with van der Waals surface area (Å²) in [5, 5.41) is 1.45. The van der Waals surface area contributed by atoms with Crippen LogP contribution in [0.1, 0.15) is 92.4 Å². The van der Waals surface area contributed by atoms with Crippen LogP contribution in [0.25, 0.3) is 10.8 Å². The molecule has 6 rings (SSSR count). The lowest BCUT2D eigenvalue weighted by Crippen LogP contribution is -2.48. The van der Waals surface area contributed by atoms with Crippen molar-refractivity contribution < 1.29 is 46.2 Å². The van der Waals surface area contributed by atoms with Gasteiger partial charge in [-0.05, 0) is 83.1 Å². The number of esters is 1. The topological polar surface area (TPSA) is 158 Å². The van der Waals surface area contributed by atoms with Crippen LogP contribution >= 0.6 is 0 Å². The summed E-state index contributed by atoms with van der Waals surface area (Å²) < 4.78 is 58.4. The van der Waals surface area contributed by atoms with Gasteiger partial charge in [0.15, 0.2) is 5.78 Å². The van der Waals surface area contributed by atoms with E-state index in [0.29, 0.717) is 29.9 Å². The second-order valence-electron chi connectivity index (χ2n) is 17.2. The number of nitrogens with one attached hydrogen (secondary N) is 1. The molecular weight excluding hydrogens is 730 g/mol. The zero-order valence-electron chi connectivity index (χ0n) is 32.6. The summed E-state index contributed by atoms with van der Waals surface area (Å²) in [5.41, 5.74) is -2.15. The van der Waals surface area contributed by atoms with Gasteiger partial charge in [-0.15, -0.1) is 0 Å². The van der Waals surface area contributed by atoms with Crippen LogP contribution in [0.4, 0.5) is 4.39 Å². The van der Waals surface area contributed by atoms with Gasteiger partial charge in [0.2, 0.25) is 27.7 Å². The first kappa shape index (κ1) is 40.6. The van der Waals surface area contributed by atoms with E-state index in [4.69, 9.17) is 14.2 Å². The number of ketones is 1. The lowest BCUT2D eigenvalue weighted by atomic mass is 9.82. The first-order valence-electron chi connectivity index (χ1n) is 19.4. The number of pyridine rings is 1. The summed E-state index contributed by atoms with van der Waals surface area (Å²) in [5.74, 6) is -2.60. The summed E-state index contributed by atoms with van der Waals surface area (Å²) in [7, 11) is -2.79. The molecule has 0 unspecified atom stereocenters. The number of halogens is 1. The normalized spacial score (nSPS) is 30.3. The van der Waals surface area contributed by atoms with Crippen molar-refractivity contribution >= 4 is 44.4 Å². The number of hydrogen-bond acceptors (Lipinski definition) is 10. The Morgan fingerprint density at radius 3 is 2.45 bits per heavy atom. The van der Waals surface area contributed by atoms with Gasteiger partial charge in [0, 0.05) is 23.6 Å². The quantitative estimate of drug-likeness (QED) is 0.241. The van der Waals surface area contributed by atoms with Gasteiger partial charge in [-0.2, -0.15) is 0 Å². The van der Waals surface area contributed by atoms with Gasteiger partial charge in [-0.3, -0.25) is 23.9 Å². The average Bonchev–Trinajstić information content (AvgIpc) is 4.02. The number of nitrogens with zero attached hydrogens (tertiary/aromatic N) is 2. The zero-order chi connectivity index (χ0) is 39.9. The van der Waals surface area contributed by atoms with E-state index in [0.717, 1.165) is 11.8 Å². The molecule has 1 aromatic carbocycles. The van der Waals surface area contributed by atoms with Crippen molar-refractivity contribution in [3.05, 3.63) is 42.6 Å². The van der Waals surface area contributed by atoms with Crippen LogP contribution in [-0.2, 0) is 33.9 Å². The van der Waals surface area contributed by atoms with Gasteiger partial charge in [-0.25, -0.2) is 17.8 Å². The number of allylic oxidation sites excluding steroid dienone is 2. The van der Waals surface area contributed by atoms with Crippen molar-refractivity contribution in [2.75, 3.05) is 20.3 Å². The SMILES string of the molecule is COc1cnc(O[C@@H]2C[C@H]3C(=O)C[C@]4(C(=O)NS(=O)(=O)C5(CF)CC5)C[C@H]4/C=C\CC[C@H](C)C[C@@H](C)[C@H](CC(=O)OC(C)(C)C)C(=O)N3C2)c2ccccc12. The number of fused-ring (bicyclic) bond motifs is 3. The highest BCUT2D eigenvalue weighted by Gasteiger charge is 2.63. The molecule has 1 aromatic heterocycles. The number of benzene rings is 1. The smallest absolute Gasteiger partial charge is 0.307 e. The van der Waals surface area contributed by atoms with E-state index in [1.54, 1.807) is 34.1 Å². The minimum absolute atomic E-state index is 0.0142. The van der Waals surface area contributed by atoms with Crippen molar-refractivity contribution in [1.82, 2.24) is 14.6 Å². The number of ether oxygens (including phenoxy) is 3. The fourth-order valence-corrected chi connectivity index (χ4v) is 9.80. The summed E-state index contributed by atoms with van der Waals surface area (Å²) in [4.78, 5) is 62.7. The Morgan fingerprint density at radius 2 is 1.80 bits per heavy atom. The Kier molecular flexibility index (Phi) is 11.4. The molecule has 2 saturated carbocycles. The summed E-state index contributed by atoms with van der Waals surface area (Å²) in [6.07, 6.45) is 6.83. The second kappa shape index (κ2) is 15.5. The van der Waals surface area contributed by atoms with Crippen molar-refractivity contribution in [1.29, 1.82) is 0 Å². The Balaban J connectivity index is 1.35. The molecule has 14 heteroatoms. The maximum Gasteiger partial charge on any atom is 0.307 e. The van der Waals surface area contributed by atoms with E-state index in [1.165, 1.54) is 4.90 Å². The third-order valence-corrected chi connectivity index (χ3v) is 14.0. The van der Waals surface area contributed by atoms with Crippen molar-refractivity contribution in [2.24, 2.45) is 29.1 Å². The van der Waals surface area contributed by atoms with Gasteiger partial charge in [0.05, 0.1) is 43.6 Å². The third kappa shape index (κ3) is 8.53. The summed E-state index contributed by atoms with van der Waals surface area (Å²) in [6, 6.07) is 6.39. The Hall–Kier alpha value is -4.07. The van der Waals surface area contributed by atoms with Crippen LogP contribution in [0.15, 0.2) is 42.6 Å². The highest BCUT2D eigenvalue weighted by atomic mass is 32.2. The first-order valence-corrected chi connectivity index (χ1v) is 20.8. The molecule has 12 nitrogen and oxygen atoms in total. The highest BCUT2D eigenvalue weighted by molar-refractivity contribution is 7.91. The monoisotopic (exact) mass is 783 g/mol. The number of aromatic nitrogens is 1. The van der Waals surface area contributed by atoms with Crippen LogP contribution in [0.2, 0.25) is 0 Å². The van der Waals surface area contributed by atoms with Crippen LogP contribution < -0.4 is 14.2 Å². The Labute approximate surface area is 323 Å². The minimum Gasteiger partial charge on any atom is -0.494 e. The molecule has 2 aliphatic carbocycles. The molecule has 2 aromatic rings. The summed E-state index contributed by atoms with van der Waals surface area (Å²) >= 11 is 0. The number of methoxy groups -OCH3 is 1. The van der Waals surface area contributed by atoms with Gasteiger partial charge in [-0.1, -0.05) is 44.2 Å². The van der Waals surface area contributed by atoms with E-state index in [9.17, 15) is 32.0 Å². The predicted octanol–water partition coefficient (Wildman–Crippen LogP) is 5.87. The summed E-state index contributed by atoms with van der Waals surface area (Å²) in [6.45, 7) is 8.24. The molecule has 0 spiro atoms. The van der Waals surface area contributed by atoms with Gasteiger partial charge in [0.25, 0.3) is 0 Å². The fraction of sp³-hybridized carbons (Fsp3) is 0.634. The largest absolute Gasteiger partial charge is 0.494 e. The lowest BCUT2D eigenvalue weighted by molar-refractivity contribution is -0.160. The number of rotatable bonds is 9. The third-order valence-electron chi connectivity index (χ3n) is 11.8. The molecule has 0 radical (unpaired) electrons. The van der Waals surface area contributed by atoms with Crippen LogP contribution in [0.5, 0.6) is 11.6 Å². The number of carbonyl (C=O) groups excluding carboxylic acids is 4. The predicted molar refractivity (Wildman–Crippen MR) is 203 cm³/mol. The number of carbonyl (C=O) groups is 4. The molecule has 55 heavy (non-hydrogen) atoms. The highest BCUT2D eigenvalue weighted by Crippen LogP contribution is 2.58. The maximum absolute atomic E-state index is 14.8. The molecule has 2 aliphatic heterocycles. The molecule has 0 bridgehead atoms. The Morgan fingerprint density at radius 1 is 1.09 bits per heavy atom. The number of amides is 2. The zero-order valence-corrected chi connectivity index (χ0v) is 33.5. The molecule has 7 atom stereocenters. The van der Waals surface area contributed by atoms with E-state index < -0.39 is 74.1 Å². The molecule has 4 aliphatic rings. The van der Waals surface area contributed by atoms with E-state index in [-0.39, 0.29) is 62.8 Å². The number of hydrogen-bond donors (Lipinski definition) is 1.